The predicted octanol–water partition coefficient (Wildman–Crippen LogP) is 4.89. The van der Waals surface area contributed by atoms with E-state index in [9.17, 15) is 9.59 Å². The van der Waals surface area contributed by atoms with Gasteiger partial charge in [0.2, 0.25) is 5.91 Å². The van der Waals surface area contributed by atoms with Crippen LogP contribution in [0.25, 0.3) is 0 Å². The van der Waals surface area contributed by atoms with Gasteiger partial charge < -0.3 is 20.1 Å². The highest BCUT2D eigenvalue weighted by atomic mass is 16.5. The fourth-order valence-corrected chi connectivity index (χ4v) is 3.20. The highest BCUT2D eigenvalue weighted by Crippen LogP contribution is 2.26. The molecule has 0 radical (unpaired) electrons. The molecule has 2 aromatic carbocycles. The number of hydrogen-bond donors (Lipinski definition) is 2. The van der Waals surface area contributed by atoms with Gasteiger partial charge in [-0.3, -0.25) is 9.59 Å². The van der Waals surface area contributed by atoms with E-state index in [0.29, 0.717) is 37.4 Å². The Balaban J connectivity index is 1.80. The Morgan fingerprint density at radius 1 is 0.969 bits per heavy atom. The van der Waals surface area contributed by atoms with Crippen molar-refractivity contribution >= 4 is 17.5 Å². The molecule has 0 aliphatic rings. The quantitative estimate of drug-likeness (QED) is 0.461. The molecule has 0 spiro atoms. The van der Waals surface area contributed by atoms with Gasteiger partial charge in [0, 0.05) is 36.9 Å². The van der Waals surface area contributed by atoms with E-state index < -0.39 is 5.41 Å². The van der Waals surface area contributed by atoms with Crippen molar-refractivity contribution in [2.45, 2.75) is 47.0 Å². The summed E-state index contributed by atoms with van der Waals surface area (Å²) in [5.41, 5.74) is 2.97. The molecule has 2 N–H and O–H groups in total. The van der Waals surface area contributed by atoms with Gasteiger partial charge >= 0.3 is 0 Å². The summed E-state index contributed by atoms with van der Waals surface area (Å²) in [4.78, 5) is 24.9. The summed E-state index contributed by atoms with van der Waals surface area (Å²) >= 11 is 0. The van der Waals surface area contributed by atoms with Gasteiger partial charge in [-0.1, -0.05) is 26.0 Å². The van der Waals surface area contributed by atoms with Crippen LogP contribution in [0.2, 0.25) is 0 Å². The van der Waals surface area contributed by atoms with Gasteiger partial charge in [0.15, 0.2) is 0 Å². The summed E-state index contributed by atoms with van der Waals surface area (Å²) in [6, 6.07) is 13.1. The SMILES string of the molecule is COCCCNC(=O)c1ccc(NC(=O)C(C)(C)CCCOc2cc(C)ccc2C)cc1. The second-order valence-corrected chi connectivity index (χ2v) is 8.74. The first kappa shape index (κ1) is 25.4. The van der Waals surface area contributed by atoms with Crippen LogP contribution in [-0.4, -0.2) is 38.7 Å². The molecule has 0 bridgehead atoms. The van der Waals surface area contributed by atoms with Gasteiger partial charge in [-0.25, -0.2) is 0 Å². The molecule has 32 heavy (non-hydrogen) atoms. The average molecular weight is 441 g/mol. The molecular formula is C26H36N2O4. The molecule has 0 fully saturated rings. The average Bonchev–Trinajstić information content (AvgIpc) is 2.77. The summed E-state index contributed by atoms with van der Waals surface area (Å²) in [5.74, 6) is 0.708. The maximum Gasteiger partial charge on any atom is 0.251 e. The number of carbonyl (C=O) groups is 2. The minimum atomic E-state index is -0.539. The number of carbonyl (C=O) groups excluding carboxylic acids is 2. The molecule has 6 heteroatoms. The minimum Gasteiger partial charge on any atom is -0.493 e. The molecule has 0 aliphatic carbocycles. The van der Waals surface area contributed by atoms with E-state index in [4.69, 9.17) is 9.47 Å². The number of methoxy groups -OCH3 is 1. The zero-order valence-corrected chi connectivity index (χ0v) is 19.9. The number of rotatable bonds is 12. The van der Waals surface area contributed by atoms with Crippen LogP contribution in [0.15, 0.2) is 42.5 Å². The number of anilines is 1. The molecule has 0 heterocycles. The number of nitrogens with one attached hydrogen (secondary N) is 2. The molecule has 2 amide bonds. The zero-order chi connectivity index (χ0) is 23.6. The van der Waals surface area contributed by atoms with Crippen molar-refractivity contribution < 1.29 is 19.1 Å². The molecule has 0 saturated heterocycles. The second kappa shape index (κ2) is 12.2. The van der Waals surface area contributed by atoms with Gasteiger partial charge in [-0.2, -0.15) is 0 Å². The van der Waals surface area contributed by atoms with E-state index in [-0.39, 0.29) is 11.8 Å². The Bertz CT molecular complexity index is 891. The number of hydrogen-bond acceptors (Lipinski definition) is 4. The van der Waals surface area contributed by atoms with Gasteiger partial charge in [0.25, 0.3) is 5.91 Å². The lowest BCUT2D eigenvalue weighted by Gasteiger charge is -2.23. The van der Waals surface area contributed by atoms with Crippen LogP contribution in [0.5, 0.6) is 5.75 Å². The molecule has 0 saturated carbocycles. The van der Waals surface area contributed by atoms with E-state index in [2.05, 4.69) is 22.8 Å². The van der Waals surface area contributed by atoms with Gasteiger partial charge in [0.05, 0.1) is 6.61 Å². The molecule has 6 nitrogen and oxygen atoms in total. The Hall–Kier alpha value is -2.86. The molecule has 0 unspecified atom stereocenters. The van der Waals surface area contributed by atoms with Crippen LogP contribution in [0.4, 0.5) is 5.69 Å². The normalized spacial score (nSPS) is 11.2. The van der Waals surface area contributed by atoms with Crippen molar-refractivity contribution in [2.24, 2.45) is 5.41 Å². The fraction of sp³-hybridized carbons (Fsp3) is 0.462. The highest BCUT2D eigenvalue weighted by Gasteiger charge is 2.27. The molecule has 2 aromatic rings. The van der Waals surface area contributed by atoms with Crippen molar-refractivity contribution in [2.75, 3.05) is 32.2 Å². The summed E-state index contributed by atoms with van der Waals surface area (Å²) in [7, 11) is 1.64. The van der Waals surface area contributed by atoms with E-state index in [0.717, 1.165) is 24.2 Å². The lowest BCUT2D eigenvalue weighted by Crippen LogP contribution is -2.31. The third-order valence-electron chi connectivity index (χ3n) is 5.38. The molecule has 0 atom stereocenters. The van der Waals surface area contributed by atoms with Crippen molar-refractivity contribution in [1.82, 2.24) is 5.32 Å². The van der Waals surface area contributed by atoms with E-state index in [1.165, 1.54) is 5.56 Å². The Morgan fingerprint density at radius 3 is 2.38 bits per heavy atom. The topological polar surface area (TPSA) is 76.7 Å². The van der Waals surface area contributed by atoms with E-state index >= 15 is 0 Å². The summed E-state index contributed by atoms with van der Waals surface area (Å²) in [5, 5.41) is 5.80. The van der Waals surface area contributed by atoms with Crippen molar-refractivity contribution in [1.29, 1.82) is 0 Å². The number of amides is 2. The lowest BCUT2D eigenvalue weighted by molar-refractivity contribution is -0.124. The maximum atomic E-state index is 12.8. The molecule has 0 aromatic heterocycles. The first-order chi connectivity index (χ1) is 15.2. The first-order valence-electron chi connectivity index (χ1n) is 11.1. The number of aryl methyl sites for hydroxylation is 2. The predicted molar refractivity (Wildman–Crippen MR) is 128 cm³/mol. The number of benzene rings is 2. The van der Waals surface area contributed by atoms with Gasteiger partial charge in [-0.05, 0) is 74.6 Å². The Morgan fingerprint density at radius 2 is 1.69 bits per heavy atom. The highest BCUT2D eigenvalue weighted by molar-refractivity contribution is 5.97. The molecule has 2 rings (SSSR count). The summed E-state index contributed by atoms with van der Waals surface area (Å²) in [6.45, 7) is 9.68. The smallest absolute Gasteiger partial charge is 0.251 e. The fourth-order valence-electron chi connectivity index (χ4n) is 3.20. The van der Waals surface area contributed by atoms with E-state index in [1.54, 1.807) is 31.4 Å². The van der Waals surface area contributed by atoms with Crippen LogP contribution in [-0.2, 0) is 9.53 Å². The first-order valence-corrected chi connectivity index (χ1v) is 11.1. The van der Waals surface area contributed by atoms with Crippen LogP contribution in [0, 0.1) is 19.3 Å². The summed E-state index contributed by atoms with van der Waals surface area (Å²) in [6.07, 6.45) is 2.24. The van der Waals surface area contributed by atoms with Crippen LogP contribution in [0.3, 0.4) is 0 Å². The minimum absolute atomic E-state index is 0.0546. The third kappa shape index (κ3) is 8.00. The summed E-state index contributed by atoms with van der Waals surface area (Å²) < 4.78 is 10.9. The second-order valence-electron chi connectivity index (χ2n) is 8.74. The van der Waals surface area contributed by atoms with Crippen molar-refractivity contribution in [3.63, 3.8) is 0 Å². The third-order valence-corrected chi connectivity index (χ3v) is 5.38. The van der Waals surface area contributed by atoms with Crippen molar-refractivity contribution in [3.05, 3.63) is 59.2 Å². The largest absolute Gasteiger partial charge is 0.493 e. The number of ether oxygens (including phenoxy) is 2. The molecule has 174 valence electrons. The standard InChI is InChI=1S/C26H36N2O4/c1-19-8-9-20(2)23(18-19)32-17-6-14-26(3,4)25(30)28-22-12-10-21(11-13-22)24(29)27-15-7-16-31-5/h8-13,18H,6-7,14-17H2,1-5H3,(H,27,29)(H,28,30). The monoisotopic (exact) mass is 440 g/mol. The van der Waals surface area contributed by atoms with Gasteiger partial charge in [0.1, 0.15) is 5.75 Å². The Labute approximate surface area is 191 Å². The van der Waals surface area contributed by atoms with Crippen molar-refractivity contribution in [3.8, 4) is 5.75 Å². The lowest BCUT2D eigenvalue weighted by atomic mass is 9.87. The molecule has 0 aliphatic heterocycles. The van der Waals surface area contributed by atoms with Crippen LogP contribution in [0.1, 0.15) is 54.6 Å². The molecular weight excluding hydrogens is 404 g/mol. The Kier molecular flexibility index (Phi) is 9.72. The van der Waals surface area contributed by atoms with E-state index in [1.807, 2.05) is 33.8 Å². The van der Waals surface area contributed by atoms with Gasteiger partial charge in [-0.15, -0.1) is 0 Å². The van der Waals surface area contributed by atoms with Crippen LogP contribution < -0.4 is 15.4 Å². The van der Waals surface area contributed by atoms with Crippen LogP contribution >= 0.6 is 0 Å². The maximum absolute atomic E-state index is 12.8. The zero-order valence-electron chi connectivity index (χ0n) is 19.9.